The Morgan fingerprint density at radius 2 is 2.00 bits per heavy atom. The second-order valence-electron chi connectivity index (χ2n) is 4.08. The number of rotatable bonds is 1. The second kappa shape index (κ2) is 4.06. The van der Waals surface area contributed by atoms with E-state index in [1.807, 2.05) is 0 Å². The molecule has 0 saturated carbocycles. The summed E-state index contributed by atoms with van der Waals surface area (Å²) < 4.78 is 56.9. The normalized spacial score (nSPS) is 12.2. The average Bonchev–Trinajstić information content (AvgIpc) is 2.74. The molecule has 0 aliphatic rings. The first-order valence-electron chi connectivity index (χ1n) is 5.50. The van der Waals surface area contributed by atoms with Gasteiger partial charge in [0.2, 0.25) is 0 Å². The third kappa shape index (κ3) is 1.75. The highest BCUT2D eigenvalue weighted by Gasteiger charge is 2.35. The summed E-state index contributed by atoms with van der Waals surface area (Å²) in [6.07, 6.45) is -3.58. The van der Waals surface area contributed by atoms with Crippen LogP contribution in [0.2, 0.25) is 0 Å². The molecule has 0 saturated heterocycles. The van der Waals surface area contributed by atoms with Gasteiger partial charge in [-0.25, -0.2) is 9.37 Å². The number of aromatic amines is 1. The number of hydrogen-bond acceptors (Lipinski definition) is 3. The van der Waals surface area contributed by atoms with Crippen LogP contribution in [0, 0.1) is 5.82 Å². The van der Waals surface area contributed by atoms with Crippen molar-refractivity contribution < 1.29 is 22.3 Å². The van der Waals surface area contributed by atoms with E-state index in [1.54, 1.807) is 0 Å². The number of alkyl halides is 3. The molecule has 3 aromatic rings. The van der Waals surface area contributed by atoms with E-state index in [4.69, 9.17) is 4.74 Å². The third-order valence-corrected chi connectivity index (χ3v) is 2.89. The van der Waals surface area contributed by atoms with E-state index in [0.717, 1.165) is 12.3 Å². The Morgan fingerprint density at radius 3 is 2.65 bits per heavy atom. The molecule has 4 nitrogen and oxygen atoms in total. The first-order chi connectivity index (χ1) is 9.41. The van der Waals surface area contributed by atoms with E-state index in [-0.39, 0.29) is 27.8 Å². The predicted molar refractivity (Wildman–Crippen MR) is 62.9 cm³/mol. The first-order valence-corrected chi connectivity index (χ1v) is 5.50. The molecule has 0 bridgehead atoms. The van der Waals surface area contributed by atoms with Crippen molar-refractivity contribution in [2.45, 2.75) is 6.18 Å². The van der Waals surface area contributed by atoms with E-state index in [2.05, 4.69) is 15.0 Å². The summed E-state index contributed by atoms with van der Waals surface area (Å²) in [4.78, 5) is 9.65. The molecule has 0 spiro atoms. The fourth-order valence-electron chi connectivity index (χ4n) is 2.06. The summed E-state index contributed by atoms with van der Waals surface area (Å²) >= 11 is 0. The lowest BCUT2D eigenvalue weighted by Crippen LogP contribution is -2.08. The van der Waals surface area contributed by atoms with Crippen LogP contribution >= 0.6 is 0 Å². The van der Waals surface area contributed by atoms with Crippen LogP contribution in [0.15, 0.2) is 18.3 Å². The molecule has 0 aromatic carbocycles. The Hall–Kier alpha value is -2.38. The van der Waals surface area contributed by atoms with E-state index in [1.165, 1.54) is 13.2 Å². The minimum absolute atomic E-state index is 0.108. The summed E-state index contributed by atoms with van der Waals surface area (Å²) in [5, 5.41) is 0.447. The Balaban J connectivity index is 2.42. The van der Waals surface area contributed by atoms with Crippen LogP contribution < -0.4 is 4.74 Å². The summed E-state index contributed by atoms with van der Waals surface area (Å²) in [5.74, 6) is -1.03. The van der Waals surface area contributed by atoms with Crippen LogP contribution in [0.3, 0.4) is 0 Å². The van der Waals surface area contributed by atoms with E-state index < -0.39 is 17.7 Å². The molecule has 0 atom stereocenters. The summed E-state index contributed by atoms with van der Waals surface area (Å²) in [5.41, 5.74) is -1.18. The van der Waals surface area contributed by atoms with Gasteiger partial charge in [0.05, 0.1) is 12.6 Å². The van der Waals surface area contributed by atoms with Crippen LogP contribution in [0.1, 0.15) is 5.69 Å². The number of halogens is 4. The van der Waals surface area contributed by atoms with Crippen molar-refractivity contribution in [1.82, 2.24) is 15.0 Å². The summed E-state index contributed by atoms with van der Waals surface area (Å²) in [7, 11) is 1.22. The van der Waals surface area contributed by atoms with Gasteiger partial charge in [-0.1, -0.05) is 0 Å². The minimum atomic E-state index is -4.61. The van der Waals surface area contributed by atoms with Crippen LogP contribution in [0.5, 0.6) is 5.88 Å². The Labute approximate surface area is 109 Å². The van der Waals surface area contributed by atoms with Gasteiger partial charge in [0.25, 0.3) is 5.88 Å². The van der Waals surface area contributed by atoms with Crippen molar-refractivity contribution in [3.8, 4) is 5.88 Å². The van der Waals surface area contributed by atoms with Gasteiger partial charge in [-0.2, -0.15) is 18.2 Å². The molecule has 3 aromatic heterocycles. The largest absolute Gasteiger partial charge is 0.479 e. The number of fused-ring (bicyclic) bond motifs is 3. The van der Waals surface area contributed by atoms with Crippen molar-refractivity contribution in [1.29, 1.82) is 0 Å². The standard InChI is InChI=1S/C12H7F4N3O/c1-20-11-7(13)4-6-5-2-3-17-9(12(14,15)16)8(5)18-10(6)19-11/h2-4H,1H3,(H,18,19). The van der Waals surface area contributed by atoms with Crippen molar-refractivity contribution in [2.24, 2.45) is 0 Å². The smallest absolute Gasteiger partial charge is 0.435 e. The van der Waals surface area contributed by atoms with Crippen molar-refractivity contribution >= 4 is 21.9 Å². The highest BCUT2D eigenvalue weighted by molar-refractivity contribution is 6.06. The molecular weight excluding hydrogens is 278 g/mol. The molecule has 0 fully saturated rings. The molecule has 20 heavy (non-hydrogen) atoms. The second-order valence-corrected chi connectivity index (χ2v) is 4.08. The highest BCUT2D eigenvalue weighted by Crippen LogP contribution is 2.35. The zero-order valence-electron chi connectivity index (χ0n) is 10.0. The van der Waals surface area contributed by atoms with Gasteiger partial charge in [0, 0.05) is 17.0 Å². The predicted octanol–water partition coefficient (Wildman–Crippen LogP) is 3.28. The molecule has 3 heterocycles. The number of hydrogen-bond donors (Lipinski definition) is 1. The zero-order chi connectivity index (χ0) is 14.5. The maximum atomic E-state index is 13.6. The number of ether oxygens (including phenoxy) is 1. The number of nitrogens with zero attached hydrogens (tertiary/aromatic N) is 2. The van der Waals surface area contributed by atoms with E-state index in [9.17, 15) is 17.6 Å². The quantitative estimate of drug-likeness (QED) is 0.698. The lowest BCUT2D eigenvalue weighted by Gasteiger charge is -2.05. The molecular formula is C12H7F4N3O. The Bertz CT molecular complexity index is 810. The van der Waals surface area contributed by atoms with Crippen molar-refractivity contribution in [2.75, 3.05) is 7.11 Å². The van der Waals surface area contributed by atoms with Gasteiger partial charge < -0.3 is 9.72 Å². The molecule has 0 radical (unpaired) electrons. The maximum Gasteiger partial charge on any atom is 0.435 e. The van der Waals surface area contributed by atoms with Crippen molar-refractivity contribution in [3.63, 3.8) is 0 Å². The van der Waals surface area contributed by atoms with Gasteiger partial charge >= 0.3 is 6.18 Å². The molecule has 1 N–H and O–H groups in total. The SMILES string of the molecule is COc1nc2[nH]c3c(C(F)(F)F)nccc3c2cc1F. The lowest BCUT2D eigenvalue weighted by atomic mass is 10.2. The van der Waals surface area contributed by atoms with Crippen LogP contribution in [-0.2, 0) is 6.18 Å². The van der Waals surface area contributed by atoms with Gasteiger partial charge in [-0.15, -0.1) is 0 Å². The molecule has 3 rings (SSSR count). The molecule has 8 heteroatoms. The number of methoxy groups -OCH3 is 1. The van der Waals surface area contributed by atoms with Gasteiger partial charge in [0.1, 0.15) is 5.65 Å². The van der Waals surface area contributed by atoms with E-state index >= 15 is 0 Å². The summed E-state index contributed by atoms with van der Waals surface area (Å²) in [6.45, 7) is 0. The van der Waals surface area contributed by atoms with Gasteiger partial charge in [0.15, 0.2) is 11.5 Å². The monoisotopic (exact) mass is 285 g/mol. The van der Waals surface area contributed by atoms with Gasteiger partial charge in [-0.05, 0) is 12.1 Å². The highest BCUT2D eigenvalue weighted by atomic mass is 19.4. The topological polar surface area (TPSA) is 50.8 Å². The van der Waals surface area contributed by atoms with Gasteiger partial charge in [-0.3, -0.25) is 0 Å². The average molecular weight is 285 g/mol. The van der Waals surface area contributed by atoms with Crippen LogP contribution in [-0.4, -0.2) is 22.1 Å². The minimum Gasteiger partial charge on any atom is -0.479 e. The van der Waals surface area contributed by atoms with Crippen LogP contribution in [0.25, 0.3) is 21.9 Å². The fraction of sp³-hybridized carbons (Fsp3) is 0.167. The number of pyridine rings is 2. The number of H-pyrrole nitrogens is 1. The molecule has 104 valence electrons. The van der Waals surface area contributed by atoms with E-state index in [0.29, 0.717) is 0 Å². The Morgan fingerprint density at radius 1 is 1.25 bits per heavy atom. The molecule has 0 unspecified atom stereocenters. The number of nitrogens with one attached hydrogen (secondary N) is 1. The maximum absolute atomic E-state index is 13.6. The number of aromatic nitrogens is 3. The molecule has 0 aliphatic heterocycles. The lowest BCUT2D eigenvalue weighted by molar-refractivity contribution is -0.139. The third-order valence-electron chi connectivity index (χ3n) is 2.89. The molecule has 0 amide bonds. The van der Waals surface area contributed by atoms with Crippen molar-refractivity contribution in [3.05, 3.63) is 29.8 Å². The first kappa shape index (κ1) is 12.6. The fourth-order valence-corrected chi connectivity index (χ4v) is 2.06. The zero-order valence-corrected chi connectivity index (χ0v) is 10.0. The molecule has 0 aliphatic carbocycles. The Kier molecular flexibility index (Phi) is 2.56. The van der Waals surface area contributed by atoms with Crippen LogP contribution in [0.4, 0.5) is 17.6 Å². The summed E-state index contributed by atoms with van der Waals surface area (Å²) in [6, 6.07) is 2.46.